The summed E-state index contributed by atoms with van der Waals surface area (Å²) in [5, 5.41) is 0. The molecule has 0 amide bonds. The SMILES string of the molecule is CC(C)N1CCC(I)CC1(F)F. The lowest BCUT2D eigenvalue weighted by Gasteiger charge is -2.39. The summed E-state index contributed by atoms with van der Waals surface area (Å²) in [7, 11) is 0. The lowest BCUT2D eigenvalue weighted by molar-refractivity contribution is -0.177. The molecule has 0 aliphatic carbocycles. The molecular formula is C8H14F2IN. The summed E-state index contributed by atoms with van der Waals surface area (Å²) in [6, 6.07) is -2.64. The summed E-state index contributed by atoms with van der Waals surface area (Å²) in [5.41, 5.74) is 0. The van der Waals surface area contributed by atoms with E-state index in [0.717, 1.165) is 6.42 Å². The summed E-state index contributed by atoms with van der Waals surface area (Å²) in [6.45, 7) is 4.17. The highest BCUT2D eigenvalue weighted by molar-refractivity contribution is 14.1. The fraction of sp³-hybridized carbons (Fsp3) is 1.00. The number of nitrogens with zero attached hydrogens (tertiary/aromatic N) is 1. The molecule has 12 heavy (non-hydrogen) atoms. The smallest absolute Gasteiger partial charge is 0.242 e. The van der Waals surface area contributed by atoms with Gasteiger partial charge < -0.3 is 0 Å². The van der Waals surface area contributed by atoms with Crippen LogP contribution in [0.1, 0.15) is 26.7 Å². The summed E-state index contributed by atoms with van der Waals surface area (Å²) >= 11 is 2.11. The van der Waals surface area contributed by atoms with Gasteiger partial charge in [0.2, 0.25) is 0 Å². The molecule has 4 heteroatoms. The third-order valence-corrected chi connectivity index (χ3v) is 3.26. The molecule has 0 saturated carbocycles. The van der Waals surface area contributed by atoms with Gasteiger partial charge in [-0.05, 0) is 20.3 Å². The Balaban J connectivity index is 2.64. The van der Waals surface area contributed by atoms with Crippen LogP contribution >= 0.6 is 22.6 Å². The van der Waals surface area contributed by atoms with E-state index in [1.54, 1.807) is 0 Å². The van der Waals surface area contributed by atoms with Crippen LogP contribution in [0.15, 0.2) is 0 Å². The molecular weight excluding hydrogens is 275 g/mol. The summed E-state index contributed by atoms with van der Waals surface area (Å²) in [4.78, 5) is 1.29. The molecule has 1 saturated heterocycles. The van der Waals surface area contributed by atoms with Gasteiger partial charge in [0.05, 0.1) is 0 Å². The van der Waals surface area contributed by atoms with Gasteiger partial charge in [-0.3, -0.25) is 0 Å². The van der Waals surface area contributed by atoms with Crippen molar-refractivity contribution < 1.29 is 8.78 Å². The first kappa shape index (κ1) is 10.6. The predicted octanol–water partition coefficient (Wildman–Crippen LogP) is 2.89. The quantitative estimate of drug-likeness (QED) is 0.407. The van der Waals surface area contributed by atoms with Gasteiger partial charge >= 0.3 is 6.05 Å². The second-order valence-electron chi connectivity index (χ2n) is 3.54. The minimum absolute atomic E-state index is 0.00569. The third kappa shape index (κ3) is 2.28. The highest BCUT2D eigenvalue weighted by atomic mass is 127. The average Bonchev–Trinajstić information content (AvgIpc) is 1.82. The maximum absolute atomic E-state index is 13.3. The van der Waals surface area contributed by atoms with Gasteiger partial charge in [-0.25, -0.2) is 4.90 Å². The van der Waals surface area contributed by atoms with E-state index in [4.69, 9.17) is 0 Å². The van der Waals surface area contributed by atoms with E-state index < -0.39 is 6.05 Å². The zero-order valence-electron chi connectivity index (χ0n) is 7.36. The topological polar surface area (TPSA) is 3.24 Å². The van der Waals surface area contributed by atoms with E-state index in [1.165, 1.54) is 4.90 Å². The number of piperidine rings is 1. The fourth-order valence-corrected chi connectivity index (χ4v) is 2.37. The highest BCUT2D eigenvalue weighted by Gasteiger charge is 2.43. The molecule has 0 radical (unpaired) electrons. The van der Waals surface area contributed by atoms with E-state index in [9.17, 15) is 8.78 Å². The van der Waals surface area contributed by atoms with Crippen molar-refractivity contribution >= 4 is 22.6 Å². The second kappa shape index (κ2) is 3.74. The number of alkyl halides is 3. The summed E-state index contributed by atoms with van der Waals surface area (Å²) in [5.74, 6) is 0. The van der Waals surface area contributed by atoms with Crippen LogP contribution in [0.5, 0.6) is 0 Å². The first-order valence-electron chi connectivity index (χ1n) is 4.22. The molecule has 1 atom stereocenters. The van der Waals surface area contributed by atoms with Gasteiger partial charge in [-0.15, -0.1) is 0 Å². The van der Waals surface area contributed by atoms with E-state index >= 15 is 0 Å². The molecule has 0 N–H and O–H groups in total. The minimum Gasteiger partial charge on any atom is -0.242 e. The van der Waals surface area contributed by atoms with Crippen molar-refractivity contribution in [3.05, 3.63) is 0 Å². The molecule has 1 heterocycles. The van der Waals surface area contributed by atoms with Crippen LogP contribution in [0.25, 0.3) is 0 Å². The second-order valence-corrected chi connectivity index (χ2v) is 5.30. The molecule has 1 unspecified atom stereocenters. The average molecular weight is 289 g/mol. The lowest BCUT2D eigenvalue weighted by Crippen LogP contribution is -2.51. The van der Waals surface area contributed by atoms with Gasteiger partial charge in [0.15, 0.2) is 0 Å². The van der Waals surface area contributed by atoms with Crippen molar-refractivity contribution in [1.29, 1.82) is 0 Å². The van der Waals surface area contributed by atoms with Gasteiger partial charge in [-0.1, -0.05) is 22.6 Å². The maximum atomic E-state index is 13.3. The van der Waals surface area contributed by atoms with E-state index in [0.29, 0.717) is 6.54 Å². The molecule has 0 spiro atoms. The van der Waals surface area contributed by atoms with Crippen molar-refractivity contribution in [1.82, 2.24) is 4.90 Å². The Morgan fingerprint density at radius 1 is 1.50 bits per heavy atom. The minimum atomic E-state index is -2.59. The zero-order chi connectivity index (χ0) is 9.35. The van der Waals surface area contributed by atoms with E-state index in [1.807, 2.05) is 13.8 Å². The van der Waals surface area contributed by atoms with Crippen LogP contribution in [-0.2, 0) is 0 Å². The first-order chi connectivity index (χ1) is 5.43. The molecule has 0 bridgehead atoms. The molecule has 0 aromatic carbocycles. The van der Waals surface area contributed by atoms with Crippen LogP contribution in [0.2, 0.25) is 0 Å². The van der Waals surface area contributed by atoms with Crippen LogP contribution < -0.4 is 0 Å². The largest absolute Gasteiger partial charge is 0.306 e. The summed E-state index contributed by atoms with van der Waals surface area (Å²) in [6.07, 6.45) is 0.889. The normalized spacial score (nSPS) is 31.0. The lowest BCUT2D eigenvalue weighted by atomic mass is 10.1. The molecule has 1 nitrogen and oxygen atoms in total. The van der Waals surface area contributed by atoms with Crippen molar-refractivity contribution in [2.45, 2.75) is 42.7 Å². The Labute approximate surface area is 85.6 Å². The molecule has 0 aromatic rings. The molecule has 72 valence electrons. The van der Waals surface area contributed by atoms with Crippen molar-refractivity contribution in [3.8, 4) is 0 Å². The Morgan fingerprint density at radius 3 is 2.50 bits per heavy atom. The van der Waals surface area contributed by atoms with Gasteiger partial charge in [-0.2, -0.15) is 8.78 Å². The monoisotopic (exact) mass is 289 g/mol. The van der Waals surface area contributed by atoms with E-state index in [2.05, 4.69) is 22.6 Å². The van der Waals surface area contributed by atoms with Crippen LogP contribution in [0, 0.1) is 0 Å². The summed E-state index contributed by atoms with van der Waals surface area (Å²) < 4.78 is 26.7. The highest BCUT2D eigenvalue weighted by Crippen LogP contribution is 2.35. The zero-order valence-corrected chi connectivity index (χ0v) is 9.51. The van der Waals surface area contributed by atoms with E-state index in [-0.39, 0.29) is 16.4 Å². The van der Waals surface area contributed by atoms with Gasteiger partial charge in [0.1, 0.15) is 0 Å². The van der Waals surface area contributed by atoms with Gasteiger partial charge in [0.25, 0.3) is 0 Å². The maximum Gasteiger partial charge on any atom is 0.306 e. The number of hydrogen-bond donors (Lipinski definition) is 0. The van der Waals surface area contributed by atoms with Crippen molar-refractivity contribution in [2.24, 2.45) is 0 Å². The Kier molecular flexibility index (Phi) is 3.31. The van der Waals surface area contributed by atoms with Crippen molar-refractivity contribution in [2.75, 3.05) is 6.54 Å². The van der Waals surface area contributed by atoms with Crippen molar-refractivity contribution in [3.63, 3.8) is 0 Å². The molecule has 1 aliphatic rings. The molecule has 1 fully saturated rings. The van der Waals surface area contributed by atoms with Crippen LogP contribution in [0.3, 0.4) is 0 Å². The first-order valence-corrected chi connectivity index (χ1v) is 5.46. The third-order valence-electron chi connectivity index (χ3n) is 2.19. The number of rotatable bonds is 1. The molecule has 0 aromatic heterocycles. The Hall–Kier alpha value is 0.550. The molecule has 1 rings (SSSR count). The number of halogens is 3. The Bertz CT molecular complexity index is 161. The number of likely N-dealkylation sites (tertiary alicyclic amines) is 1. The van der Waals surface area contributed by atoms with Crippen LogP contribution in [-0.4, -0.2) is 27.5 Å². The number of hydrogen-bond acceptors (Lipinski definition) is 1. The molecule has 1 aliphatic heterocycles. The predicted molar refractivity (Wildman–Crippen MR) is 53.8 cm³/mol. The fourth-order valence-electron chi connectivity index (χ4n) is 1.56. The van der Waals surface area contributed by atoms with Crippen LogP contribution in [0.4, 0.5) is 8.78 Å². The Morgan fingerprint density at radius 2 is 2.08 bits per heavy atom. The van der Waals surface area contributed by atoms with Gasteiger partial charge in [0, 0.05) is 22.9 Å². The standard InChI is InChI=1S/C8H14F2IN/c1-6(2)12-4-3-7(11)5-8(12,9)10/h6-7H,3-5H2,1-2H3.